The largest absolute Gasteiger partial charge is 0.443 e. The summed E-state index contributed by atoms with van der Waals surface area (Å²) in [7, 11) is 0. The first kappa shape index (κ1) is 45.4. The number of ether oxygens (including phenoxy) is 2. The number of likely N-dealkylation sites (tertiary alicyclic amines) is 2. The Labute approximate surface area is 357 Å². The molecule has 60 heavy (non-hydrogen) atoms. The van der Waals surface area contributed by atoms with Crippen LogP contribution in [0.25, 0.3) is 22.3 Å². The second-order valence-electron chi connectivity index (χ2n) is 18.3. The number of rotatable bonds is 9. The summed E-state index contributed by atoms with van der Waals surface area (Å²) in [6.45, 7) is 19.3. The highest BCUT2D eigenvalue weighted by Gasteiger charge is 2.42. The Hall–Kier alpha value is -5.70. The van der Waals surface area contributed by atoms with Crippen molar-refractivity contribution in [3.8, 4) is 22.3 Å². The van der Waals surface area contributed by atoms with E-state index in [4.69, 9.17) is 9.47 Å². The molecule has 4 amide bonds. The van der Waals surface area contributed by atoms with Gasteiger partial charge < -0.3 is 14.4 Å². The molecule has 0 radical (unpaired) electrons. The molecule has 0 spiro atoms. The lowest BCUT2D eigenvalue weighted by molar-refractivity contribution is -0.128. The Kier molecular flexibility index (Phi) is 14.8. The lowest BCUT2D eigenvalue weighted by Gasteiger charge is -2.29. The normalized spacial score (nSPS) is 17.6. The fourth-order valence-corrected chi connectivity index (χ4v) is 7.61. The van der Waals surface area contributed by atoms with Crippen LogP contribution in [-0.2, 0) is 31.9 Å². The quantitative estimate of drug-likeness (QED) is 0.155. The summed E-state index contributed by atoms with van der Waals surface area (Å²) >= 11 is 0. The second kappa shape index (κ2) is 19.6. The maximum Gasteiger partial charge on any atom is 0.417 e. The molecule has 2 atom stereocenters. The van der Waals surface area contributed by atoms with Crippen LogP contribution in [0.5, 0.6) is 0 Å². The van der Waals surface area contributed by atoms with E-state index in [-0.39, 0.29) is 36.0 Å². The number of benzene rings is 4. The summed E-state index contributed by atoms with van der Waals surface area (Å²) in [4.78, 5) is 55.8. The van der Waals surface area contributed by atoms with Gasteiger partial charge in [0.05, 0.1) is 6.04 Å². The van der Waals surface area contributed by atoms with Crippen molar-refractivity contribution < 1.29 is 28.7 Å². The van der Waals surface area contributed by atoms with E-state index in [1.165, 1.54) is 15.4 Å². The van der Waals surface area contributed by atoms with E-state index in [0.29, 0.717) is 37.7 Å². The van der Waals surface area contributed by atoms with Crippen molar-refractivity contribution in [1.29, 1.82) is 0 Å². The molecule has 2 fully saturated rings. The molecule has 2 saturated heterocycles. The molecular weight excluding hydrogens is 751 g/mol. The van der Waals surface area contributed by atoms with Crippen LogP contribution in [0.2, 0.25) is 0 Å². The third kappa shape index (κ3) is 12.4. The molecule has 0 saturated carbocycles. The first-order valence-corrected chi connectivity index (χ1v) is 21.2. The highest BCUT2D eigenvalue weighted by molar-refractivity contribution is 6.05. The summed E-state index contributed by atoms with van der Waals surface area (Å²) in [5.41, 5.74) is 6.18. The number of carbonyl (C=O) groups is 4. The highest BCUT2D eigenvalue weighted by Crippen LogP contribution is 2.31. The van der Waals surface area contributed by atoms with Crippen LogP contribution in [-0.4, -0.2) is 74.1 Å². The zero-order chi connectivity index (χ0) is 43.8. The van der Waals surface area contributed by atoms with Gasteiger partial charge in [0.15, 0.2) is 0 Å². The molecule has 318 valence electrons. The molecule has 4 aromatic carbocycles. The fraction of sp³-hybridized carbons (Fsp3) is 0.412. The molecule has 0 aromatic heterocycles. The van der Waals surface area contributed by atoms with Gasteiger partial charge in [-0.05, 0) is 122 Å². The number of imide groups is 2. The van der Waals surface area contributed by atoms with Gasteiger partial charge in [0.1, 0.15) is 11.2 Å². The van der Waals surface area contributed by atoms with Crippen molar-refractivity contribution in [2.24, 2.45) is 0 Å². The summed E-state index contributed by atoms with van der Waals surface area (Å²) < 4.78 is 11.0. The van der Waals surface area contributed by atoms with Crippen molar-refractivity contribution in [3.63, 3.8) is 0 Å². The zero-order valence-corrected chi connectivity index (χ0v) is 37.1. The van der Waals surface area contributed by atoms with Crippen molar-refractivity contribution in [2.75, 3.05) is 0 Å². The number of nitrogens with zero attached hydrogens (tertiary/aromatic N) is 3. The van der Waals surface area contributed by atoms with E-state index in [0.717, 1.165) is 27.8 Å². The number of hydrogen-bond acceptors (Lipinski definition) is 7. The molecule has 9 nitrogen and oxygen atoms in total. The van der Waals surface area contributed by atoms with E-state index >= 15 is 0 Å². The van der Waals surface area contributed by atoms with Gasteiger partial charge >= 0.3 is 12.2 Å². The van der Waals surface area contributed by atoms with Crippen LogP contribution in [0.3, 0.4) is 0 Å². The van der Waals surface area contributed by atoms with Crippen LogP contribution >= 0.6 is 0 Å². The predicted octanol–water partition coefficient (Wildman–Crippen LogP) is 11.3. The minimum absolute atomic E-state index is 0.139. The molecule has 0 aliphatic carbocycles. The SMILES string of the molecule is CC(C)(C)OC(=O)N1C(=O)CC[C@H]1Cc1ccc(-c2ccccc2)cc1.CC(C)N(C=C1C[C@@H](Cc2ccc(-c3ccccc3)cc2)N(C(=O)OC(C)(C)C)C1=O)C(C)C. The number of carbonyl (C=O) groups excluding carboxylic acids is 4. The van der Waals surface area contributed by atoms with Gasteiger partial charge in [-0.2, -0.15) is 0 Å². The van der Waals surface area contributed by atoms with Gasteiger partial charge in [0.25, 0.3) is 5.91 Å². The van der Waals surface area contributed by atoms with Gasteiger partial charge in [0.2, 0.25) is 5.91 Å². The van der Waals surface area contributed by atoms with E-state index in [9.17, 15) is 19.2 Å². The maximum absolute atomic E-state index is 13.4. The van der Waals surface area contributed by atoms with Crippen molar-refractivity contribution >= 4 is 24.0 Å². The fourth-order valence-electron chi connectivity index (χ4n) is 7.61. The number of hydrogen-bond donors (Lipinski definition) is 0. The lowest BCUT2D eigenvalue weighted by atomic mass is 9.99. The van der Waals surface area contributed by atoms with Crippen LogP contribution in [0, 0.1) is 0 Å². The highest BCUT2D eigenvalue weighted by atomic mass is 16.6. The predicted molar refractivity (Wildman–Crippen MR) is 239 cm³/mol. The third-order valence-corrected chi connectivity index (χ3v) is 10.4. The Morgan fingerprint density at radius 2 is 1.02 bits per heavy atom. The minimum atomic E-state index is -0.673. The summed E-state index contributed by atoms with van der Waals surface area (Å²) in [6.07, 6.45) is 3.64. The molecule has 0 bridgehead atoms. The number of amides is 4. The summed E-state index contributed by atoms with van der Waals surface area (Å²) in [5.74, 6) is -0.406. The summed E-state index contributed by atoms with van der Waals surface area (Å²) in [5, 5.41) is 0. The first-order chi connectivity index (χ1) is 28.3. The van der Waals surface area contributed by atoms with Gasteiger partial charge in [0, 0.05) is 42.7 Å². The third-order valence-electron chi connectivity index (χ3n) is 10.4. The van der Waals surface area contributed by atoms with E-state index in [2.05, 4.69) is 105 Å². The molecule has 2 aliphatic heterocycles. The van der Waals surface area contributed by atoms with Gasteiger partial charge in [-0.25, -0.2) is 19.4 Å². The lowest BCUT2D eigenvalue weighted by Crippen LogP contribution is -2.43. The van der Waals surface area contributed by atoms with Crippen LogP contribution in [0.4, 0.5) is 9.59 Å². The molecule has 2 heterocycles. The monoisotopic (exact) mass is 813 g/mol. The van der Waals surface area contributed by atoms with Crippen LogP contribution in [0.1, 0.15) is 99.6 Å². The minimum Gasteiger partial charge on any atom is -0.443 e. The molecule has 4 aromatic rings. The molecular formula is C51H63N3O6. The maximum atomic E-state index is 13.4. The Balaban J connectivity index is 0.000000236. The van der Waals surface area contributed by atoms with E-state index in [1.54, 1.807) is 0 Å². The van der Waals surface area contributed by atoms with Crippen LogP contribution in [0.15, 0.2) is 121 Å². The van der Waals surface area contributed by atoms with Gasteiger partial charge in [-0.1, -0.05) is 109 Å². The van der Waals surface area contributed by atoms with Gasteiger partial charge in [-0.15, -0.1) is 0 Å². The van der Waals surface area contributed by atoms with Crippen molar-refractivity contribution in [3.05, 3.63) is 132 Å². The van der Waals surface area contributed by atoms with Crippen molar-refractivity contribution in [2.45, 2.75) is 137 Å². The zero-order valence-electron chi connectivity index (χ0n) is 37.1. The molecule has 9 heteroatoms. The Morgan fingerprint density at radius 1 is 0.617 bits per heavy atom. The second-order valence-corrected chi connectivity index (χ2v) is 18.3. The smallest absolute Gasteiger partial charge is 0.417 e. The Morgan fingerprint density at radius 3 is 1.43 bits per heavy atom. The van der Waals surface area contributed by atoms with E-state index < -0.39 is 23.4 Å². The molecule has 0 N–H and O–H groups in total. The average molecular weight is 814 g/mol. The molecule has 6 rings (SSSR count). The molecule has 0 unspecified atom stereocenters. The first-order valence-electron chi connectivity index (χ1n) is 21.2. The molecule has 2 aliphatic rings. The topological polar surface area (TPSA) is 96.5 Å². The van der Waals surface area contributed by atoms with Crippen LogP contribution < -0.4 is 0 Å². The summed E-state index contributed by atoms with van der Waals surface area (Å²) in [6, 6.07) is 37.1. The average Bonchev–Trinajstić information content (AvgIpc) is 3.70. The Bertz CT molecular complexity index is 2090. The van der Waals surface area contributed by atoms with E-state index in [1.807, 2.05) is 84.1 Å². The standard InChI is InChI=1S/C29H38N2O3.C22H25NO3/c1-20(2)30(21(3)4)19-25-18-26(31(27(25)32)28(33)34-29(5,6)7)17-22-13-15-24(16-14-22)23-11-9-8-10-12-23;1-22(2,3)26-21(25)23-19(13-14-20(23)24)15-16-9-11-18(12-10-16)17-7-5-4-6-8-17/h8-16,19-21,26H,17-18H2,1-7H3;4-12,19H,13-15H2,1-3H3/t26-;19-/m10/s1. The van der Waals surface area contributed by atoms with Crippen molar-refractivity contribution in [1.82, 2.24) is 14.7 Å². The van der Waals surface area contributed by atoms with Gasteiger partial charge in [-0.3, -0.25) is 9.59 Å².